The van der Waals surface area contributed by atoms with Crippen molar-refractivity contribution < 1.29 is 27.4 Å². The average molecular weight is 383 g/mol. The summed E-state index contributed by atoms with van der Waals surface area (Å²) in [4.78, 5) is 13.8. The van der Waals surface area contributed by atoms with Gasteiger partial charge in [-0.25, -0.2) is 0 Å². The van der Waals surface area contributed by atoms with Crippen LogP contribution >= 0.6 is 12.4 Å². The lowest BCUT2D eigenvalue weighted by atomic mass is 9.91. The molecule has 0 saturated carbocycles. The molecule has 1 aromatic carbocycles. The standard InChI is InChI=1S/C16H21F3N2O3.ClH/c1-21(15(22)14(20)11-6-8-23-9-7-11)10-12-4-2-3-5-13(12)24-16(17,18)19;/h2-5,11,14H,6-10,20H2,1H3;1H. The highest BCUT2D eigenvalue weighted by Gasteiger charge is 2.33. The van der Waals surface area contributed by atoms with E-state index in [1.807, 2.05) is 0 Å². The fraction of sp³-hybridized carbons (Fsp3) is 0.562. The molecule has 0 radical (unpaired) electrons. The number of hydrogen-bond donors (Lipinski definition) is 1. The van der Waals surface area contributed by atoms with Gasteiger partial charge < -0.3 is 20.1 Å². The van der Waals surface area contributed by atoms with E-state index in [-0.39, 0.29) is 42.1 Å². The molecule has 2 rings (SSSR count). The van der Waals surface area contributed by atoms with Crippen LogP contribution in [0, 0.1) is 5.92 Å². The van der Waals surface area contributed by atoms with Gasteiger partial charge in [0.15, 0.2) is 0 Å². The Labute approximate surface area is 150 Å². The van der Waals surface area contributed by atoms with Crippen molar-refractivity contribution in [3.05, 3.63) is 29.8 Å². The highest BCUT2D eigenvalue weighted by molar-refractivity contribution is 5.85. The summed E-state index contributed by atoms with van der Waals surface area (Å²) in [5, 5.41) is 0. The summed E-state index contributed by atoms with van der Waals surface area (Å²) in [6, 6.07) is 5.06. The highest BCUT2D eigenvalue weighted by atomic mass is 35.5. The van der Waals surface area contributed by atoms with Crippen LogP contribution in [-0.2, 0) is 16.1 Å². The Bertz CT molecular complexity index is 566. The number of carbonyl (C=O) groups is 1. The number of alkyl halides is 3. The Morgan fingerprint density at radius 2 is 1.96 bits per heavy atom. The normalized spacial score (nSPS) is 16.7. The quantitative estimate of drug-likeness (QED) is 0.850. The van der Waals surface area contributed by atoms with Crippen LogP contribution in [0.4, 0.5) is 13.2 Å². The Kier molecular flexibility index (Phi) is 7.98. The number of ether oxygens (including phenoxy) is 2. The van der Waals surface area contributed by atoms with Gasteiger partial charge in [-0.05, 0) is 24.8 Å². The van der Waals surface area contributed by atoms with E-state index in [0.717, 1.165) is 0 Å². The maximum Gasteiger partial charge on any atom is 0.573 e. The zero-order chi connectivity index (χ0) is 17.7. The lowest BCUT2D eigenvalue weighted by molar-refractivity contribution is -0.275. The fourth-order valence-electron chi connectivity index (χ4n) is 2.72. The van der Waals surface area contributed by atoms with Gasteiger partial charge in [0.25, 0.3) is 0 Å². The molecule has 1 aromatic rings. The number of nitrogens with two attached hydrogens (primary N) is 1. The molecule has 0 bridgehead atoms. The van der Waals surface area contributed by atoms with E-state index in [0.29, 0.717) is 26.1 Å². The van der Waals surface area contributed by atoms with Crippen LogP contribution < -0.4 is 10.5 Å². The molecule has 1 aliphatic heterocycles. The van der Waals surface area contributed by atoms with Gasteiger partial charge in [0.1, 0.15) is 5.75 Å². The Balaban J connectivity index is 0.00000312. The number of nitrogens with zero attached hydrogens (tertiary/aromatic N) is 1. The van der Waals surface area contributed by atoms with Gasteiger partial charge in [0.05, 0.1) is 6.04 Å². The molecular weight excluding hydrogens is 361 g/mol. The molecular formula is C16H22ClF3N2O3. The third kappa shape index (κ3) is 6.37. The molecule has 1 atom stereocenters. The zero-order valence-corrected chi connectivity index (χ0v) is 14.6. The van der Waals surface area contributed by atoms with Gasteiger partial charge in [-0.15, -0.1) is 25.6 Å². The fourth-order valence-corrected chi connectivity index (χ4v) is 2.72. The maximum atomic E-state index is 12.5. The van der Waals surface area contributed by atoms with Gasteiger partial charge in [-0.1, -0.05) is 18.2 Å². The van der Waals surface area contributed by atoms with Gasteiger partial charge in [-0.2, -0.15) is 0 Å². The van der Waals surface area contributed by atoms with E-state index in [2.05, 4.69) is 4.74 Å². The first-order valence-electron chi connectivity index (χ1n) is 7.70. The zero-order valence-electron chi connectivity index (χ0n) is 13.8. The second-order valence-electron chi connectivity index (χ2n) is 5.83. The SMILES string of the molecule is CN(Cc1ccccc1OC(F)(F)F)C(=O)C(N)C1CCOCC1.Cl. The average Bonchev–Trinajstić information content (AvgIpc) is 2.54. The van der Waals surface area contributed by atoms with Crippen LogP contribution in [0.2, 0.25) is 0 Å². The van der Waals surface area contributed by atoms with Gasteiger partial charge >= 0.3 is 6.36 Å². The maximum absolute atomic E-state index is 12.5. The highest BCUT2D eigenvalue weighted by Crippen LogP contribution is 2.27. The molecule has 1 unspecified atom stereocenters. The molecule has 142 valence electrons. The van der Waals surface area contributed by atoms with Crippen molar-refractivity contribution in [3.8, 4) is 5.75 Å². The van der Waals surface area contributed by atoms with E-state index in [1.54, 1.807) is 6.07 Å². The molecule has 1 heterocycles. The minimum Gasteiger partial charge on any atom is -0.405 e. The molecule has 0 aliphatic carbocycles. The van der Waals surface area contributed by atoms with Crippen LogP contribution in [0.1, 0.15) is 18.4 Å². The van der Waals surface area contributed by atoms with Crippen LogP contribution in [-0.4, -0.2) is 43.5 Å². The number of likely N-dealkylation sites (N-methyl/N-ethyl adjacent to an activating group) is 1. The second kappa shape index (κ2) is 9.26. The molecule has 0 spiro atoms. The summed E-state index contributed by atoms with van der Waals surface area (Å²) in [6.07, 6.45) is -3.37. The number of para-hydroxylation sites is 1. The van der Waals surface area contributed by atoms with Crippen molar-refractivity contribution in [1.29, 1.82) is 0 Å². The summed E-state index contributed by atoms with van der Waals surface area (Å²) in [5.41, 5.74) is 6.30. The smallest absolute Gasteiger partial charge is 0.405 e. The first-order chi connectivity index (χ1) is 11.3. The van der Waals surface area contributed by atoms with Crippen molar-refractivity contribution in [1.82, 2.24) is 4.90 Å². The van der Waals surface area contributed by atoms with E-state index in [4.69, 9.17) is 10.5 Å². The number of hydrogen-bond acceptors (Lipinski definition) is 4. The third-order valence-electron chi connectivity index (χ3n) is 4.04. The van der Waals surface area contributed by atoms with Gasteiger partial charge in [-0.3, -0.25) is 4.79 Å². The lowest BCUT2D eigenvalue weighted by Gasteiger charge is -2.30. The van der Waals surface area contributed by atoms with Crippen molar-refractivity contribution in [2.45, 2.75) is 31.8 Å². The molecule has 2 N–H and O–H groups in total. The largest absolute Gasteiger partial charge is 0.573 e. The molecule has 1 saturated heterocycles. The van der Waals surface area contributed by atoms with Crippen LogP contribution in [0.3, 0.4) is 0 Å². The van der Waals surface area contributed by atoms with Crippen LogP contribution in [0.25, 0.3) is 0 Å². The topological polar surface area (TPSA) is 64.8 Å². The van der Waals surface area contributed by atoms with Crippen molar-refractivity contribution >= 4 is 18.3 Å². The van der Waals surface area contributed by atoms with E-state index in [1.165, 1.54) is 30.1 Å². The first-order valence-corrected chi connectivity index (χ1v) is 7.70. The Hall–Kier alpha value is -1.51. The van der Waals surface area contributed by atoms with Crippen molar-refractivity contribution in [3.63, 3.8) is 0 Å². The number of halogens is 4. The summed E-state index contributed by atoms with van der Waals surface area (Å²) >= 11 is 0. The Morgan fingerprint density at radius 1 is 1.36 bits per heavy atom. The van der Waals surface area contributed by atoms with E-state index in [9.17, 15) is 18.0 Å². The predicted octanol–water partition coefficient (Wildman–Crippen LogP) is 2.72. The van der Waals surface area contributed by atoms with E-state index >= 15 is 0 Å². The van der Waals surface area contributed by atoms with Crippen LogP contribution in [0.5, 0.6) is 5.75 Å². The minimum atomic E-state index is -4.78. The first kappa shape index (κ1) is 21.5. The number of amides is 1. The number of carbonyl (C=O) groups excluding carboxylic acids is 1. The molecule has 1 amide bonds. The second-order valence-corrected chi connectivity index (χ2v) is 5.83. The van der Waals surface area contributed by atoms with E-state index < -0.39 is 12.4 Å². The monoisotopic (exact) mass is 382 g/mol. The molecule has 9 heteroatoms. The molecule has 1 fully saturated rings. The molecule has 1 aliphatic rings. The summed E-state index contributed by atoms with van der Waals surface area (Å²) < 4.78 is 46.6. The molecule has 0 aromatic heterocycles. The summed E-state index contributed by atoms with van der Waals surface area (Å²) in [5.74, 6) is -0.594. The van der Waals surface area contributed by atoms with Crippen molar-refractivity contribution in [2.75, 3.05) is 20.3 Å². The molecule has 5 nitrogen and oxygen atoms in total. The third-order valence-corrected chi connectivity index (χ3v) is 4.04. The lowest BCUT2D eigenvalue weighted by Crippen LogP contribution is -2.47. The van der Waals surface area contributed by atoms with Gasteiger partial charge in [0.2, 0.25) is 5.91 Å². The summed E-state index contributed by atoms with van der Waals surface area (Å²) in [6.45, 7) is 1.12. The van der Waals surface area contributed by atoms with Gasteiger partial charge in [0, 0.05) is 32.4 Å². The number of rotatable bonds is 5. The minimum absolute atomic E-state index is 0. The number of benzene rings is 1. The Morgan fingerprint density at radius 3 is 2.56 bits per heavy atom. The predicted molar refractivity (Wildman–Crippen MR) is 88.4 cm³/mol. The molecule has 25 heavy (non-hydrogen) atoms. The summed E-state index contributed by atoms with van der Waals surface area (Å²) in [7, 11) is 1.52. The van der Waals surface area contributed by atoms with Crippen molar-refractivity contribution in [2.24, 2.45) is 11.7 Å². The van der Waals surface area contributed by atoms with Crippen LogP contribution in [0.15, 0.2) is 24.3 Å².